The number of rotatable bonds is 6. The zero-order valence-electron chi connectivity index (χ0n) is 18.0. The molecule has 3 aromatic rings. The second-order valence-corrected chi connectivity index (χ2v) is 8.81. The molecule has 12 heteroatoms. The van der Waals surface area contributed by atoms with Crippen LogP contribution in [0.5, 0.6) is 17.2 Å². The first-order valence-corrected chi connectivity index (χ1v) is 11.3. The second-order valence-electron chi connectivity index (χ2n) is 7.41. The van der Waals surface area contributed by atoms with Crippen LogP contribution in [0.25, 0.3) is 17.4 Å². The van der Waals surface area contributed by atoms with Crippen molar-refractivity contribution in [1.29, 1.82) is 0 Å². The fourth-order valence-electron chi connectivity index (χ4n) is 3.59. The Balaban J connectivity index is 1.38. The fourth-order valence-corrected chi connectivity index (χ4v) is 4.62. The number of amides is 2. The average molecular weight is 515 g/mol. The van der Waals surface area contributed by atoms with Crippen LogP contribution in [0.1, 0.15) is 11.3 Å². The number of halogens is 1. The van der Waals surface area contributed by atoms with Crippen LogP contribution < -0.4 is 14.2 Å². The number of thioether (sulfide) groups is 1. The normalized spacial score (nSPS) is 15.8. The first kappa shape index (κ1) is 22.8. The zero-order chi connectivity index (χ0) is 24.7. The van der Waals surface area contributed by atoms with E-state index in [2.05, 4.69) is 0 Å². The van der Waals surface area contributed by atoms with E-state index in [1.807, 2.05) is 0 Å². The molecule has 2 aromatic carbocycles. The van der Waals surface area contributed by atoms with Crippen molar-refractivity contribution in [3.8, 4) is 28.6 Å². The number of carbonyl (C=O) groups excluding carboxylic acids is 2. The highest BCUT2D eigenvalue weighted by molar-refractivity contribution is 8.18. The van der Waals surface area contributed by atoms with Gasteiger partial charge in [-0.25, -0.2) is 0 Å². The molecule has 10 nitrogen and oxygen atoms in total. The summed E-state index contributed by atoms with van der Waals surface area (Å²) in [4.78, 5) is 37.6. The number of imide groups is 1. The molecule has 1 fully saturated rings. The number of ether oxygens (including phenoxy) is 3. The number of nitro benzene ring substituents is 1. The molecular weight excluding hydrogens is 500 g/mol. The quantitative estimate of drug-likeness (QED) is 0.239. The van der Waals surface area contributed by atoms with Crippen LogP contribution in [0.4, 0.5) is 10.5 Å². The number of carbonyl (C=O) groups is 2. The molecular formula is C23H15ClN2O8S. The highest BCUT2D eigenvalue weighted by Gasteiger charge is 2.36. The van der Waals surface area contributed by atoms with Crippen LogP contribution in [0.15, 0.2) is 51.8 Å². The number of nitro groups is 1. The number of benzene rings is 2. The Morgan fingerprint density at radius 1 is 1.17 bits per heavy atom. The Hall–Kier alpha value is -3.96. The Morgan fingerprint density at radius 2 is 1.94 bits per heavy atom. The summed E-state index contributed by atoms with van der Waals surface area (Å²) in [5.74, 6) is 1.31. The van der Waals surface area contributed by atoms with Crippen LogP contribution in [0.2, 0.25) is 5.02 Å². The van der Waals surface area contributed by atoms with Crippen molar-refractivity contribution in [3.63, 3.8) is 0 Å². The third-order valence-electron chi connectivity index (χ3n) is 5.31. The monoisotopic (exact) mass is 514 g/mol. The summed E-state index contributed by atoms with van der Waals surface area (Å²) in [5, 5.41) is 11.4. The lowest BCUT2D eigenvalue weighted by atomic mass is 10.1. The van der Waals surface area contributed by atoms with Gasteiger partial charge in [0.15, 0.2) is 11.5 Å². The minimum Gasteiger partial charge on any atom is -0.497 e. The maximum atomic E-state index is 12.9. The van der Waals surface area contributed by atoms with Crippen molar-refractivity contribution in [2.24, 2.45) is 0 Å². The predicted octanol–water partition coefficient (Wildman–Crippen LogP) is 5.48. The van der Waals surface area contributed by atoms with Crippen molar-refractivity contribution in [2.75, 3.05) is 13.9 Å². The van der Waals surface area contributed by atoms with Gasteiger partial charge in [0, 0.05) is 17.2 Å². The Labute approximate surface area is 207 Å². The van der Waals surface area contributed by atoms with Crippen molar-refractivity contribution in [1.82, 2.24) is 4.90 Å². The largest absolute Gasteiger partial charge is 0.497 e. The van der Waals surface area contributed by atoms with Gasteiger partial charge in [0.2, 0.25) is 6.79 Å². The van der Waals surface area contributed by atoms with E-state index in [9.17, 15) is 19.7 Å². The third-order valence-corrected chi connectivity index (χ3v) is 6.57. The van der Waals surface area contributed by atoms with Crippen LogP contribution in [0, 0.1) is 10.1 Å². The maximum absolute atomic E-state index is 12.9. The highest BCUT2D eigenvalue weighted by atomic mass is 35.5. The maximum Gasteiger partial charge on any atom is 0.293 e. The van der Waals surface area contributed by atoms with Crippen LogP contribution in [0.3, 0.4) is 0 Å². The Morgan fingerprint density at radius 3 is 2.69 bits per heavy atom. The molecule has 2 amide bonds. The van der Waals surface area contributed by atoms with Crippen molar-refractivity contribution >= 4 is 46.3 Å². The SMILES string of the molecule is COc1ccc(-c2ccc(/C=C3\SC(=O)N(Cc4cc5c(cc4Cl)OCO5)C3=O)o2)c([N+](=O)[O-])c1. The molecule has 0 aliphatic carbocycles. The Kier molecular flexibility index (Phi) is 5.87. The fraction of sp³-hybridized carbons (Fsp3) is 0.130. The van der Waals surface area contributed by atoms with E-state index in [1.54, 1.807) is 30.3 Å². The number of hydrogen-bond acceptors (Lipinski definition) is 9. The summed E-state index contributed by atoms with van der Waals surface area (Å²) >= 11 is 7.05. The van der Waals surface area contributed by atoms with E-state index in [1.165, 1.54) is 25.3 Å². The van der Waals surface area contributed by atoms with E-state index >= 15 is 0 Å². The second kappa shape index (κ2) is 9.01. The lowest BCUT2D eigenvalue weighted by Crippen LogP contribution is -2.27. The molecule has 178 valence electrons. The minimum absolute atomic E-state index is 0.0427. The van der Waals surface area contributed by atoms with Crippen LogP contribution in [-0.2, 0) is 11.3 Å². The smallest absolute Gasteiger partial charge is 0.293 e. The van der Waals surface area contributed by atoms with Gasteiger partial charge < -0.3 is 18.6 Å². The number of fused-ring (bicyclic) bond motifs is 1. The van der Waals surface area contributed by atoms with Crippen LogP contribution in [-0.4, -0.2) is 34.9 Å². The van der Waals surface area contributed by atoms with Crippen molar-refractivity contribution in [3.05, 3.63) is 73.8 Å². The molecule has 0 saturated carbocycles. The van der Waals surface area contributed by atoms with E-state index in [0.717, 1.165) is 16.7 Å². The summed E-state index contributed by atoms with van der Waals surface area (Å²) in [6, 6.07) is 10.7. The third kappa shape index (κ3) is 4.31. The number of furan rings is 1. The highest BCUT2D eigenvalue weighted by Crippen LogP contribution is 2.40. The van der Waals surface area contributed by atoms with Gasteiger partial charge in [-0.1, -0.05) is 11.6 Å². The van der Waals surface area contributed by atoms with Gasteiger partial charge in [-0.15, -0.1) is 0 Å². The van der Waals surface area contributed by atoms with Crippen molar-refractivity contribution in [2.45, 2.75) is 6.54 Å². The lowest BCUT2D eigenvalue weighted by Gasteiger charge is -2.14. The van der Waals surface area contributed by atoms with E-state index in [0.29, 0.717) is 27.8 Å². The zero-order valence-corrected chi connectivity index (χ0v) is 19.6. The van der Waals surface area contributed by atoms with E-state index < -0.39 is 16.1 Å². The van der Waals surface area contributed by atoms with Gasteiger partial charge in [0.1, 0.15) is 17.3 Å². The molecule has 0 atom stereocenters. The summed E-state index contributed by atoms with van der Waals surface area (Å²) in [6.07, 6.45) is 1.42. The van der Waals surface area contributed by atoms with E-state index in [4.69, 9.17) is 30.2 Å². The summed E-state index contributed by atoms with van der Waals surface area (Å²) in [6.45, 7) is 0.0309. The van der Waals surface area contributed by atoms with Gasteiger partial charge in [-0.05, 0) is 47.7 Å². The number of nitrogens with zero attached hydrogens (tertiary/aromatic N) is 2. The van der Waals surface area contributed by atoms with Gasteiger partial charge in [-0.3, -0.25) is 24.6 Å². The molecule has 35 heavy (non-hydrogen) atoms. The molecule has 3 heterocycles. The van der Waals surface area contributed by atoms with Gasteiger partial charge in [-0.2, -0.15) is 0 Å². The molecule has 0 unspecified atom stereocenters. The molecule has 0 radical (unpaired) electrons. The number of methoxy groups -OCH3 is 1. The molecule has 1 aromatic heterocycles. The molecule has 5 rings (SSSR count). The van der Waals surface area contributed by atoms with Gasteiger partial charge in [0.25, 0.3) is 16.8 Å². The molecule has 0 N–H and O–H groups in total. The summed E-state index contributed by atoms with van der Waals surface area (Å²) < 4.78 is 21.4. The van der Waals surface area contributed by atoms with Gasteiger partial charge in [0.05, 0.1) is 35.1 Å². The topological polar surface area (TPSA) is 121 Å². The first-order chi connectivity index (χ1) is 16.8. The van der Waals surface area contributed by atoms with Crippen LogP contribution >= 0.6 is 23.4 Å². The summed E-state index contributed by atoms with van der Waals surface area (Å²) in [5.41, 5.74) is 0.596. The average Bonchev–Trinajstić information content (AvgIpc) is 3.55. The van der Waals surface area contributed by atoms with E-state index in [-0.39, 0.29) is 41.0 Å². The molecule has 2 aliphatic rings. The summed E-state index contributed by atoms with van der Waals surface area (Å²) in [7, 11) is 1.41. The lowest BCUT2D eigenvalue weighted by molar-refractivity contribution is -0.384. The molecule has 2 aliphatic heterocycles. The van der Waals surface area contributed by atoms with Gasteiger partial charge >= 0.3 is 0 Å². The predicted molar refractivity (Wildman–Crippen MR) is 126 cm³/mol. The molecule has 0 spiro atoms. The Bertz CT molecular complexity index is 1420. The molecule has 0 bridgehead atoms. The van der Waals surface area contributed by atoms with Crippen molar-refractivity contribution < 1.29 is 33.1 Å². The first-order valence-electron chi connectivity index (χ1n) is 10.1. The standard InChI is InChI=1S/C23H15ClN2O8S/c1-31-13-2-4-15(17(7-13)26(29)30)18-5-3-14(34-18)8-21-22(27)25(23(28)35-21)10-12-6-19-20(9-16(12)24)33-11-32-19/h2-9H,10-11H2,1H3/b21-8-. The number of hydrogen-bond donors (Lipinski definition) is 0. The molecule has 1 saturated heterocycles. The minimum atomic E-state index is -0.535.